The lowest BCUT2D eigenvalue weighted by Crippen LogP contribution is -2.35. The predicted octanol–water partition coefficient (Wildman–Crippen LogP) is 5.85. The number of unbranched alkanes of at least 4 members (excludes halogenated alkanes) is 6. The Balaban J connectivity index is 1.95. The summed E-state index contributed by atoms with van der Waals surface area (Å²) in [4.78, 5) is 21.7. The molecule has 0 aliphatic rings. The summed E-state index contributed by atoms with van der Waals surface area (Å²) >= 11 is 0. The summed E-state index contributed by atoms with van der Waals surface area (Å²) in [6.07, 6.45) is 8.16. The number of rotatable bonds is 14. The molecule has 0 radical (unpaired) electrons. The molecule has 5 heteroatoms. The lowest BCUT2D eigenvalue weighted by Gasteiger charge is -2.35. The Hall–Kier alpha value is -2.66. The summed E-state index contributed by atoms with van der Waals surface area (Å²) in [6.45, 7) is 2.05. The van der Waals surface area contributed by atoms with E-state index in [1.165, 1.54) is 0 Å². The van der Waals surface area contributed by atoms with Crippen LogP contribution in [-0.4, -0.2) is 27.3 Å². The fraction of sp³-hybridized carbons (Fsp3) is 0.462. The minimum Gasteiger partial charge on any atom is -0.481 e. The summed E-state index contributed by atoms with van der Waals surface area (Å²) in [5, 5.41) is 29.6. The van der Waals surface area contributed by atoms with Crippen LogP contribution in [0.1, 0.15) is 86.2 Å². The molecule has 168 valence electrons. The van der Waals surface area contributed by atoms with Crippen LogP contribution < -0.4 is 0 Å². The number of aliphatic carboxylic acids is 1. The van der Waals surface area contributed by atoms with Crippen molar-refractivity contribution in [2.75, 3.05) is 0 Å². The lowest BCUT2D eigenvalue weighted by molar-refractivity contribution is -0.137. The zero-order valence-electron chi connectivity index (χ0n) is 18.3. The number of carboxylic acids is 2. The highest BCUT2D eigenvalue weighted by atomic mass is 16.4. The Morgan fingerprint density at radius 2 is 1.29 bits per heavy atom. The molecule has 5 nitrogen and oxygen atoms in total. The van der Waals surface area contributed by atoms with Gasteiger partial charge in [0.2, 0.25) is 0 Å². The molecule has 0 bridgehead atoms. The van der Waals surface area contributed by atoms with Crippen molar-refractivity contribution in [1.82, 2.24) is 0 Å². The lowest BCUT2D eigenvalue weighted by atomic mass is 9.74. The van der Waals surface area contributed by atoms with Crippen molar-refractivity contribution in [3.63, 3.8) is 0 Å². The van der Waals surface area contributed by atoms with Gasteiger partial charge in [-0.2, -0.15) is 0 Å². The minimum atomic E-state index is -1.19. The Bertz CT molecular complexity index is 815. The Labute approximate surface area is 184 Å². The van der Waals surface area contributed by atoms with Crippen molar-refractivity contribution in [1.29, 1.82) is 0 Å². The molecule has 0 amide bonds. The molecule has 2 atom stereocenters. The van der Waals surface area contributed by atoms with Crippen LogP contribution in [0.3, 0.4) is 0 Å². The molecule has 31 heavy (non-hydrogen) atoms. The molecular formula is C26H34O5. The highest BCUT2D eigenvalue weighted by molar-refractivity contribution is 5.87. The molecule has 2 unspecified atom stereocenters. The van der Waals surface area contributed by atoms with Gasteiger partial charge in [-0.15, -0.1) is 0 Å². The molecule has 0 saturated carbocycles. The zero-order chi connectivity index (χ0) is 22.7. The van der Waals surface area contributed by atoms with Crippen LogP contribution in [0.25, 0.3) is 0 Å². The molecule has 0 aromatic heterocycles. The topological polar surface area (TPSA) is 94.8 Å². The van der Waals surface area contributed by atoms with E-state index >= 15 is 0 Å². The Morgan fingerprint density at radius 1 is 0.774 bits per heavy atom. The fourth-order valence-corrected chi connectivity index (χ4v) is 4.11. The van der Waals surface area contributed by atoms with Crippen molar-refractivity contribution in [3.8, 4) is 0 Å². The molecule has 0 heterocycles. The molecule has 2 aromatic rings. The van der Waals surface area contributed by atoms with Crippen molar-refractivity contribution in [2.24, 2.45) is 5.92 Å². The second kappa shape index (κ2) is 12.3. The standard InChI is InChI=1S/C26H34O5/c1-20(12-8-5-3-2-4-6-11-15-24(27)28)26(31,22-13-9-7-10-14-22)23-18-16-21(17-19-23)25(29)30/h7,9-10,13-14,16-20,31H,2-6,8,11-12,15H2,1H3,(H,27,28)(H,29,30). The fourth-order valence-electron chi connectivity index (χ4n) is 4.11. The van der Waals surface area contributed by atoms with Crippen LogP contribution in [0.2, 0.25) is 0 Å². The van der Waals surface area contributed by atoms with Gasteiger partial charge in [0.1, 0.15) is 5.60 Å². The molecular weight excluding hydrogens is 392 g/mol. The summed E-state index contributed by atoms with van der Waals surface area (Å²) in [7, 11) is 0. The largest absolute Gasteiger partial charge is 0.481 e. The van der Waals surface area contributed by atoms with Gasteiger partial charge in [-0.3, -0.25) is 4.79 Å². The number of aromatic carboxylic acids is 1. The number of carbonyl (C=O) groups is 2. The van der Waals surface area contributed by atoms with Gasteiger partial charge in [-0.05, 0) is 42.0 Å². The van der Waals surface area contributed by atoms with E-state index in [2.05, 4.69) is 0 Å². The van der Waals surface area contributed by atoms with Gasteiger partial charge in [-0.1, -0.05) is 87.9 Å². The van der Waals surface area contributed by atoms with E-state index < -0.39 is 17.5 Å². The average Bonchev–Trinajstić information content (AvgIpc) is 2.77. The van der Waals surface area contributed by atoms with Gasteiger partial charge in [0.05, 0.1) is 5.56 Å². The maximum atomic E-state index is 11.8. The van der Waals surface area contributed by atoms with Crippen LogP contribution in [0.15, 0.2) is 54.6 Å². The highest BCUT2D eigenvalue weighted by Gasteiger charge is 2.37. The molecule has 0 aliphatic carbocycles. The third-order valence-electron chi connectivity index (χ3n) is 6.03. The first kappa shape index (κ1) is 24.6. The van der Waals surface area contributed by atoms with E-state index in [4.69, 9.17) is 5.11 Å². The van der Waals surface area contributed by atoms with Crippen LogP contribution in [0.5, 0.6) is 0 Å². The quantitative estimate of drug-likeness (QED) is 0.329. The number of hydrogen-bond acceptors (Lipinski definition) is 3. The van der Waals surface area contributed by atoms with Crippen molar-refractivity contribution in [3.05, 3.63) is 71.3 Å². The van der Waals surface area contributed by atoms with Crippen LogP contribution in [-0.2, 0) is 10.4 Å². The number of hydrogen-bond donors (Lipinski definition) is 3. The molecule has 3 N–H and O–H groups in total. The minimum absolute atomic E-state index is 0.0406. The van der Waals surface area contributed by atoms with E-state index in [-0.39, 0.29) is 17.9 Å². The molecule has 0 spiro atoms. The highest BCUT2D eigenvalue weighted by Crippen LogP contribution is 2.39. The van der Waals surface area contributed by atoms with Gasteiger partial charge in [0.25, 0.3) is 0 Å². The predicted molar refractivity (Wildman–Crippen MR) is 121 cm³/mol. The molecule has 2 rings (SSSR count). The third-order valence-corrected chi connectivity index (χ3v) is 6.03. The molecule has 0 aliphatic heterocycles. The maximum absolute atomic E-state index is 11.8. The van der Waals surface area contributed by atoms with Gasteiger partial charge >= 0.3 is 11.9 Å². The third kappa shape index (κ3) is 7.21. The van der Waals surface area contributed by atoms with E-state index in [1.54, 1.807) is 24.3 Å². The summed E-state index contributed by atoms with van der Waals surface area (Å²) in [5.41, 5.74) is 0.531. The SMILES string of the molecule is CC(CCCCCCCCCC(=O)O)C(O)(c1ccccc1)c1ccc(C(=O)O)cc1. The maximum Gasteiger partial charge on any atom is 0.335 e. The number of aliphatic hydroxyl groups is 1. The van der Waals surface area contributed by atoms with E-state index in [9.17, 15) is 19.8 Å². The Morgan fingerprint density at radius 3 is 1.84 bits per heavy atom. The molecule has 0 fully saturated rings. The van der Waals surface area contributed by atoms with E-state index in [0.29, 0.717) is 5.56 Å². The monoisotopic (exact) mass is 426 g/mol. The van der Waals surface area contributed by atoms with Gasteiger partial charge in [-0.25, -0.2) is 4.79 Å². The summed E-state index contributed by atoms with van der Waals surface area (Å²) < 4.78 is 0. The Kier molecular flexibility index (Phi) is 9.73. The number of benzene rings is 2. The summed E-state index contributed by atoms with van der Waals surface area (Å²) in [5.74, 6) is -1.75. The van der Waals surface area contributed by atoms with Crippen molar-refractivity contribution >= 4 is 11.9 Å². The van der Waals surface area contributed by atoms with Gasteiger partial charge < -0.3 is 15.3 Å². The van der Waals surface area contributed by atoms with Crippen LogP contribution in [0.4, 0.5) is 0 Å². The summed E-state index contributed by atoms with van der Waals surface area (Å²) in [6, 6.07) is 16.1. The van der Waals surface area contributed by atoms with Crippen LogP contribution in [0, 0.1) is 5.92 Å². The average molecular weight is 427 g/mol. The van der Waals surface area contributed by atoms with E-state index in [1.807, 2.05) is 37.3 Å². The molecule has 2 aromatic carbocycles. The normalized spacial score (nSPS) is 14.0. The first-order valence-corrected chi connectivity index (χ1v) is 11.2. The first-order chi connectivity index (χ1) is 14.9. The number of carboxylic acid groups (broad SMARTS) is 2. The second-order valence-electron chi connectivity index (χ2n) is 8.32. The second-order valence-corrected chi connectivity index (χ2v) is 8.32. The van der Waals surface area contributed by atoms with Gasteiger partial charge in [0, 0.05) is 6.42 Å². The molecule has 0 saturated heterocycles. The zero-order valence-corrected chi connectivity index (χ0v) is 18.3. The van der Waals surface area contributed by atoms with Crippen molar-refractivity contribution in [2.45, 2.75) is 70.3 Å². The first-order valence-electron chi connectivity index (χ1n) is 11.2. The smallest absolute Gasteiger partial charge is 0.335 e. The van der Waals surface area contributed by atoms with Gasteiger partial charge in [0.15, 0.2) is 0 Å². The van der Waals surface area contributed by atoms with Crippen LogP contribution >= 0.6 is 0 Å². The van der Waals surface area contributed by atoms with Crippen molar-refractivity contribution < 1.29 is 24.9 Å². The van der Waals surface area contributed by atoms with E-state index in [0.717, 1.165) is 56.9 Å².